The molecule has 0 N–H and O–H groups in total. The van der Waals surface area contributed by atoms with Crippen molar-refractivity contribution in [3.05, 3.63) is 119 Å². The minimum Gasteiger partial charge on any atom is -0.354 e. The van der Waals surface area contributed by atoms with E-state index in [0.29, 0.717) is 28.3 Å². The van der Waals surface area contributed by atoms with E-state index in [1.807, 2.05) is 86.7 Å². The van der Waals surface area contributed by atoms with E-state index < -0.39 is 0 Å². The van der Waals surface area contributed by atoms with Crippen molar-refractivity contribution in [3.8, 4) is 0 Å². The Kier molecular flexibility index (Phi) is 7.13. The van der Waals surface area contributed by atoms with Gasteiger partial charge in [-0.05, 0) is 25.5 Å². The summed E-state index contributed by atoms with van der Waals surface area (Å²) in [6, 6.07) is 26.3. The highest BCUT2D eigenvalue weighted by Crippen LogP contribution is 2.28. The second-order valence-electron chi connectivity index (χ2n) is 8.16. The minimum atomic E-state index is -0.0875. The zero-order chi connectivity index (χ0) is 23.9. The molecule has 0 radical (unpaired) electrons. The highest BCUT2D eigenvalue weighted by atomic mass is 16.5. The van der Waals surface area contributed by atoms with Crippen LogP contribution >= 0.6 is 0 Å². The van der Waals surface area contributed by atoms with Gasteiger partial charge in [-0.25, -0.2) is 0 Å². The Hall–Kier alpha value is -4.25. The Morgan fingerprint density at radius 1 is 0.765 bits per heavy atom. The van der Waals surface area contributed by atoms with E-state index in [0.717, 1.165) is 5.56 Å². The van der Waals surface area contributed by atoms with Gasteiger partial charge in [0.2, 0.25) is 0 Å². The first-order chi connectivity index (χ1) is 16.5. The number of hydrogen-bond acceptors (Lipinski definition) is 5. The highest BCUT2D eigenvalue weighted by Gasteiger charge is 2.24. The maximum Gasteiger partial charge on any atom is 0.183 e. The van der Waals surface area contributed by atoms with Crippen molar-refractivity contribution in [2.24, 2.45) is 0 Å². The van der Waals surface area contributed by atoms with Gasteiger partial charge in [0, 0.05) is 11.1 Å². The molecule has 0 saturated carbocycles. The number of benzene rings is 3. The fraction of sp³-hybridized carbons (Fsp3) is 0.138. The van der Waals surface area contributed by atoms with Crippen molar-refractivity contribution in [3.63, 3.8) is 0 Å². The molecule has 5 nitrogen and oxygen atoms in total. The number of carbonyl (C=O) groups excluding carboxylic acids is 2. The Balaban J connectivity index is 1.66. The van der Waals surface area contributed by atoms with Gasteiger partial charge in [0.1, 0.15) is 11.4 Å². The molecule has 0 saturated heterocycles. The molecule has 1 aromatic heterocycles. The van der Waals surface area contributed by atoms with Crippen molar-refractivity contribution in [1.82, 2.24) is 5.16 Å². The van der Waals surface area contributed by atoms with E-state index >= 15 is 0 Å². The van der Waals surface area contributed by atoms with Crippen molar-refractivity contribution < 1.29 is 14.1 Å². The molecule has 4 aromatic rings. The van der Waals surface area contributed by atoms with E-state index in [2.05, 4.69) is 5.16 Å². The van der Waals surface area contributed by atoms with E-state index in [1.54, 1.807) is 29.2 Å². The SMILES string of the molecule is Cc1ccc(/C=C/c2onc(C)c2N(CC(=O)c2ccccc2)CC(=O)c2ccccc2)cc1. The number of aryl methyl sites for hydroxylation is 2. The van der Waals surface area contributed by atoms with Crippen LogP contribution in [-0.2, 0) is 0 Å². The molecule has 0 aliphatic heterocycles. The van der Waals surface area contributed by atoms with Gasteiger partial charge in [0.15, 0.2) is 17.3 Å². The summed E-state index contributed by atoms with van der Waals surface area (Å²) in [4.78, 5) is 27.9. The number of anilines is 1. The molecule has 0 spiro atoms. The van der Waals surface area contributed by atoms with Crippen LogP contribution in [0.25, 0.3) is 12.2 Å². The normalized spacial score (nSPS) is 11.0. The maximum absolute atomic E-state index is 13.1. The largest absolute Gasteiger partial charge is 0.354 e. The first-order valence-electron chi connectivity index (χ1n) is 11.1. The average Bonchev–Trinajstić information content (AvgIpc) is 3.24. The Morgan fingerprint density at radius 2 is 1.29 bits per heavy atom. The molecule has 0 bridgehead atoms. The van der Waals surface area contributed by atoms with Crippen LogP contribution in [0.4, 0.5) is 5.69 Å². The van der Waals surface area contributed by atoms with Crippen molar-refractivity contribution in [1.29, 1.82) is 0 Å². The molecule has 0 atom stereocenters. The van der Waals surface area contributed by atoms with Crippen LogP contribution in [0.15, 0.2) is 89.5 Å². The third-order valence-electron chi connectivity index (χ3n) is 5.54. The lowest BCUT2D eigenvalue weighted by Gasteiger charge is -2.23. The predicted molar refractivity (Wildman–Crippen MR) is 135 cm³/mol. The van der Waals surface area contributed by atoms with Gasteiger partial charge in [-0.15, -0.1) is 0 Å². The molecule has 1 heterocycles. The number of ketones is 2. The maximum atomic E-state index is 13.1. The van der Waals surface area contributed by atoms with Gasteiger partial charge < -0.3 is 9.42 Å². The van der Waals surface area contributed by atoms with Gasteiger partial charge in [-0.3, -0.25) is 9.59 Å². The van der Waals surface area contributed by atoms with Gasteiger partial charge in [-0.1, -0.05) is 102 Å². The lowest BCUT2D eigenvalue weighted by atomic mass is 10.1. The molecule has 5 heteroatoms. The summed E-state index contributed by atoms with van der Waals surface area (Å²) in [5.74, 6) is 0.325. The zero-order valence-corrected chi connectivity index (χ0v) is 19.3. The average molecular weight is 451 g/mol. The van der Waals surface area contributed by atoms with Gasteiger partial charge in [-0.2, -0.15) is 0 Å². The van der Waals surface area contributed by atoms with Crippen LogP contribution in [0, 0.1) is 13.8 Å². The molecule has 4 rings (SSSR count). The van der Waals surface area contributed by atoms with Crippen LogP contribution in [0.2, 0.25) is 0 Å². The van der Waals surface area contributed by atoms with Crippen LogP contribution < -0.4 is 4.90 Å². The summed E-state index contributed by atoms with van der Waals surface area (Å²) < 4.78 is 5.60. The van der Waals surface area contributed by atoms with E-state index in [1.165, 1.54) is 5.56 Å². The fourth-order valence-electron chi connectivity index (χ4n) is 3.72. The van der Waals surface area contributed by atoms with Gasteiger partial charge >= 0.3 is 0 Å². The summed E-state index contributed by atoms with van der Waals surface area (Å²) in [7, 11) is 0. The highest BCUT2D eigenvalue weighted by molar-refractivity contribution is 6.03. The second kappa shape index (κ2) is 10.6. The number of carbonyl (C=O) groups is 2. The summed E-state index contributed by atoms with van der Waals surface area (Å²) >= 11 is 0. The summed E-state index contributed by atoms with van der Waals surface area (Å²) in [5.41, 5.74) is 4.62. The fourth-order valence-corrected chi connectivity index (χ4v) is 3.72. The number of Topliss-reactive ketones (excluding diaryl/α,β-unsaturated/α-hetero) is 2. The molecule has 170 valence electrons. The molecule has 3 aromatic carbocycles. The van der Waals surface area contributed by atoms with E-state index in [4.69, 9.17) is 4.52 Å². The standard InChI is InChI=1S/C29H26N2O3/c1-21-13-15-23(16-14-21)17-18-28-29(22(2)30-34-28)31(19-26(32)24-9-5-3-6-10-24)20-27(33)25-11-7-4-8-12-25/h3-18H,19-20H2,1-2H3/b18-17+. The van der Waals surface area contributed by atoms with Gasteiger partial charge in [0.05, 0.1) is 13.1 Å². The second-order valence-corrected chi connectivity index (χ2v) is 8.16. The van der Waals surface area contributed by atoms with Crippen molar-refractivity contribution >= 4 is 29.4 Å². The zero-order valence-electron chi connectivity index (χ0n) is 19.3. The number of nitrogens with zero attached hydrogens (tertiary/aromatic N) is 2. The predicted octanol–water partition coefficient (Wildman–Crippen LogP) is 6.03. The Labute approximate surface area is 199 Å². The van der Waals surface area contributed by atoms with E-state index in [-0.39, 0.29) is 24.7 Å². The molecule has 34 heavy (non-hydrogen) atoms. The summed E-state index contributed by atoms with van der Waals surface area (Å²) in [5, 5.41) is 4.13. The molecule has 0 unspecified atom stereocenters. The third-order valence-corrected chi connectivity index (χ3v) is 5.54. The number of aromatic nitrogens is 1. The number of hydrogen-bond donors (Lipinski definition) is 0. The first kappa shape index (κ1) is 22.9. The molecule has 0 aliphatic rings. The Morgan fingerprint density at radius 3 is 1.82 bits per heavy atom. The molecule has 0 amide bonds. The summed E-state index contributed by atoms with van der Waals surface area (Å²) in [6.45, 7) is 3.90. The topological polar surface area (TPSA) is 63.4 Å². The van der Waals surface area contributed by atoms with Crippen molar-refractivity contribution in [2.45, 2.75) is 13.8 Å². The lowest BCUT2D eigenvalue weighted by molar-refractivity contribution is 0.0984. The van der Waals surface area contributed by atoms with Crippen LogP contribution in [0.3, 0.4) is 0 Å². The first-order valence-corrected chi connectivity index (χ1v) is 11.1. The Bertz CT molecular complexity index is 1240. The number of rotatable bonds is 9. The smallest absolute Gasteiger partial charge is 0.183 e. The van der Waals surface area contributed by atoms with Crippen LogP contribution in [0.5, 0.6) is 0 Å². The monoisotopic (exact) mass is 450 g/mol. The molecular weight excluding hydrogens is 424 g/mol. The van der Waals surface area contributed by atoms with Crippen LogP contribution in [0.1, 0.15) is 43.3 Å². The van der Waals surface area contributed by atoms with Gasteiger partial charge in [0.25, 0.3) is 0 Å². The summed E-state index contributed by atoms with van der Waals surface area (Å²) in [6.07, 6.45) is 3.76. The van der Waals surface area contributed by atoms with Crippen molar-refractivity contribution in [2.75, 3.05) is 18.0 Å². The van der Waals surface area contributed by atoms with Crippen LogP contribution in [-0.4, -0.2) is 29.8 Å². The molecule has 0 aliphatic carbocycles. The lowest BCUT2D eigenvalue weighted by Crippen LogP contribution is -2.35. The van der Waals surface area contributed by atoms with E-state index in [9.17, 15) is 9.59 Å². The minimum absolute atomic E-state index is 0.0238. The third kappa shape index (κ3) is 5.56. The molecular formula is C29H26N2O3. The molecule has 0 fully saturated rings. The quantitative estimate of drug-likeness (QED) is 0.291.